The van der Waals surface area contributed by atoms with E-state index in [-0.39, 0.29) is 31.0 Å². The summed E-state index contributed by atoms with van der Waals surface area (Å²) in [4.78, 5) is 19.7. The van der Waals surface area contributed by atoms with Crippen molar-refractivity contribution in [3.63, 3.8) is 0 Å². The van der Waals surface area contributed by atoms with Crippen LogP contribution in [0.15, 0.2) is 0 Å². The van der Waals surface area contributed by atoms with E-state index in [1.165, 1.54) is 0 Å². The van der Waals surface area contributed by atoms with Gasteiger partial charge in [0.2, 0.25) is 0 Å². The molecule has 0 saturated heterocycles. The van der Waals surface area contributed by atoms with Gasteiger partial charge in [-0.3, -0.25) is 9.59 Å². The molecule has 0 spiro atoms. The molecule has 54 valence electrons. The summed E-state index contributed by atoms with van der Waals surface area (Å²) < 4.78 is 0. The Balaban J connectivity index is -0.000000320. The summed E-state index contributed by atoms with van der Waals surface area (Å²) in [5.74, 6) is -2.36. The van der Waals surface area contributed by atoms with Gasteiger partial charge in [0.1, 0.15) is 5.25 Å². The van der Waals surface area contributed by atoms with Crippen molar-refractivity contribution in [2.75, 3.05) is 0 Å². The van der Waals surface area contributed by atoms with E-state index in [0.717, 1.165) is 0 Å². The van der Waals surface area contributed by atoms with Crippen LogP contribution in [0.1, 0.15) is 7.85 Å². The van der Waals surface area contributed by atoms with E-state index in [0.29, 0.717) is 0 Å². The molecule has 0 rings (SSSR count). The van der Waals surface area contributed by atoms with Gasteiger partial charge in [0, 0.05) is 0 Å². The van der Waals surface area contributed by atoms with Crippen LogP contribution in [0.25, 0.3) is 0 Å². The first-order chi connectivity index (χ1) is 4.04. The second kappa shape index (κ2) is 6.03. The van der Waals surface area contributed by atoms with E-state index in [1.807, 2.05) is 0 Å². The molecule has 0 radical (unpaired) electrons. The Hall–Kier alpha value is 0.290. The molecule has 0 saturated carbocycles. The molecule has 0 bridgehead atoms. The Morgan fingerprint density at radius 2 is 1.90 bits per heavy atom. The maximum absolute atomic E-state index is 9.90. The zero-order chi connectivity index (χ0) is 7.44. The van der Waals surface area contributed by atoms with E-state index in [1.54, 1.807) is 0 Å². The fourth-order valence-corrected chi connectivity index (χ4v) is 0.409. The molecule has 0 aliphatic rings. The average molecular weight is 174 g/mol. The number of carbonyl (C=O) groups is 2. The first kappa shape index (κ1) is 12.9. The van der Waals surface area contributed by atoms with E-state index in [2.05, 4.69) is 12.6 Å². The smallest absolute Gasteiger partial charge is 1.00 e. The van der Waals surface area contributed by atoms with Crippen molar-refractivity contribution in [1.82, 2.24) is 0 Å². The molecule has 1 unspecified atom stereocenters. The van der Waals surface area contributed by atoms with Crippen molar-refractivity contribution in [1.29, 1.82) is 0 Å². The Morgan fingerprint density at radius 3 is 2.00 bits per heavy atom. The van der Waals surface area contributed by atoms with Crippen LogP contribution >= 0.6 is 12.6 Å². The molecule has 1 atom stereocenters. The summed E-state index contributed by atoms with van der Waals surface area (Å²) >= 11 is 3.48. The third-order valence-electron chi connectivity index (χ3n) is 0.653. The zero-order valence-electron chi connectivity index (χ0n) is 6.44. The van der Waals surface area contributed by atoms with Gasteiger partial charge in [0.05, 0.1) is 6.42 Å². The number of carboxylic acid groups (broad SMARTS) is 2. The largest absolute Gasteiger partial charge is 1.00 e. The van der Waals surface area contributed by atoms with Gasteiger partial charge in [-0.05, 0) is 0 Å². The van der Waals surface area contributed by atoms with Gasteiger partial charge in [0.25, 0.3) is 0 Å². The van der Waals surface area contributed by atoms with Crippen molar-refractivity contribution in [2.24, 2.45) is 0 Å². The minimum Gasteiger partial charge on any atom is -1.00 e. The van der Waals surface area contributed by atoms with Crippen LogP contribution in [0.2, 0.25) is 0 Å². The standard InChI is InChI=1S/C4H6O4S.Na.H/c5-3(6)1-2(9)4(7)8;;/h2,9H,1H2,(H,5,6)(H,7,8);;/q;+1;-1. The first-order valence-corrected chi connectivity index (χ1v) is 2.68. The Bertz CT molecular complexity index is 142. The number of rotatable bonds is 3. The van der Waals surface area contributed by atoms with Crippen LogP contribution in [-0.4, -0.2) is 27.4 Å². The minimum absolute atomic E-state index is 0. The van der Waals surface area contributed by atoms with Crippen LogP contribution in [0.3, 0.4) is 0 Å². The van der Waals surface area contributed by atoms with E-state index in [9.17, 15) is 9.59 Å². The van der Waals surface area contributed by atoms with Crippen molar-refractivity contribution in [3.8, 4) is 0 Å². The normalized spacial score (nSPS) is 11.3. The molecule has 0 heterocycles. The van der Waals surface area contributed by atoms with Crippen LogP contribution in [0.4, 0.5) is 0 Å². The SMILES string of the molecule is O=C(O)CC(S)C(=O)O.[H-].[Na+]. The summed E-state index contributed by atoms with van der Waals surface area (Å²) in [6.07, 6.45) is -0.446. The first-order valence-electron chi connectivity index (χ1n) is 2.16. The third kappa shape index (κ3) is 6.41. The maximum Gasteiger partial charge on any atom is 1.00 e. The second-order valence-corrected chi connectivity index (χ2v) is 2.08. The quantitative estimate of drug-likeness (QED) is 0.314. The monoisotopic (exact) mass is 174 g/mol. The summed E-state index contributed by atoms with van der Waals surface area (Å²) in [5.41, 5.74) is 0. The molecule has 10 heavy (non-hydrogen) atoms. The fourth-order valence-electron chi connectivity index (χ4n) is 0.253. The number of aliphatic carboxylic acids is 2. The summed E-state index contributed by atoms with van der Waals surface area (Å²) in [5, 5.41) is 15.0. The average Bonchev–Trinajstić information content (AvgIpc) is 1.63. The molecule has 0 aliphatic heterocycles. The number of carboxylic acids is 2. The molecule has 0 aromatic carbocycles. The van der Waals surface area contributed by atoms with Crippen molar-refractivity contribution in [3.05, 3.63) is 0 Å². The molecule has 6 heteroatoms. The fraction of sp³-hybridized carbons (Fsp3) is 0.500. The van der Waals surface area contributed by atoms with Crippen molar-refractivity contribution >= 4 is 24.6 Å². The van der Waals surface area contributed by atoms with Gasteiger partial charge >= 0.3 is 41.5 Å². The maximum atomic E-state index is 9.90. The summed E-state index contributed by atoms with van der Waals surface area (Å²) in [6, 6.07) is 0. The molecule has 4 nitrogen and oxygen atoms in total. The second-order valence-electron chi connectivity index (χ2n) is 1.45. The van der Waals surface area contributed by atoms with Gasteiger partial charge < -0.3 is 11.6 Å². The molecule has 2 N–H and O–H groups in total. The Kier molecular flexibility index (Phi) is 7.79. The van der Waals surface area contributed by atoms with Crippen molar-refractivity contribution < 1.29 is 50.8 Å². The summed E-state index contributed by atoms with van der Waals surface area (Å²) in [7, 11) is 0. The van der Waals surface area contributed by atoms with Gasteiger partial charge in [-0.1, -0.05) is 0 Å². The van der Waals surface area contributed by atoms with Crippen molar-refractivity contribution in [2.45, 2.75) is 11.7 Å². The van der Waals surface area contributed by atoms with Crippen LogP contribution in [0.5, 0.6) is 0 Å². The number of thiol groups is 1. The van der Waals surface area contributed by atoms with Gasteiger partial charge in [0.15, 0.2) is 0 Å². The van der Waals surface area contributed by atoms with E-state index in [4.69, 9.17) is 10.2 Å². The topological polar surface area (TPSA) is 74.6 Å². The number of hydrogen-bond donors (Lipinski definition) is 3. The zero-order valence-corrected chi connectivity index (χ0v) is 8.34. The minimum atomic E-state index is -1.21. The molecule has 0 aliphatic carbocycles. The molecule has 0 amide bonds. The van der Waals surface area contributed by atoms with Gasteiger partial charge in [-0.2, -0.15) is 12.6 Å². The van der Waals surface area contributed by atoms with Crippen LogP contribution < -0.4 is 29.6 Å². The molecule has 0 aromatic heterocycles. The van der Waals surface area contributed by atoms with Crippen LogP contribution in [-0.2, 0) is 9.59 Å². The molecular formula is C4H7NaO4S. The summed E-state index contributed by atoms with van der Waals surface area (Å²) in [6.45, 7) is 0. The molecular weight excluding hydrogens is 167 g/mol. The molecule has 0 fully saturated rings. The predicted octanol–water partition coefficient (Wildman–Crippen LogP) is -3.04. The van der Waals surface area contributed by atoms with Gasteiger partial charge in [-0.15, -0.1) is 0 Å². The predicted molar refractivity (Wildman–Crippen MR) is 33.8 cm³/mol. The Morgan fingerprint density at radius 1 is 1.50 bits per heavy atom. The van der Waals surface area contributed by atoms with E-state index < -0.39 is 23.6 Å². The number of hydrogen-bond acceptors (Lipinski definition) is 3. The third-order valence-corrected chi connectivity index (χ3v) is 1.06. The van der Waals surface area contributed by atoms with Crippen LogP contribution in [0, 0.1) is 0 Å². The Labute approximate surface area is 86.8 Å². The van der Waals surface area contributed by atoms with Gasteiger partial charge in [-0.25, -0.2) is 0 Å². The van der Waals surface area contributed by atoms with E-state index >= 15 is 0 Å². The molecule has 0 aromatic rings.